The van der Waals surface area contributed by atoms with Gasteiger partial charge in [-0.1, -0.05) is 137 Å². The zero-order valence-corrected chi connectivity index (χ0v) is 23.4. The van der Waals surface area contributed by atoms with Gasteiger partial charge >= 0.3 is 0 Å². The molecule has 194 valence electrons. The molecule has 0 N–H and O–H groups in total. The molecule has 0 atom stereocenters. The molecule has 0 saturated carbocycles. The first-order valence-corrected chi connectivity index (χ1v) is 15.3. The van der Waals surface area contributed by atoms with Crippen molar-refractivity contribution < 1.29 is 4.57 Å². The van der Waals surface area contributed by atoms with Crippen LogP contribution >= 0.6 is 0 Å². The lowest BCUT2D eigenvalue weighted by atomic mass is 10.0. The van der Waals surface area contributed by atoms with Gasteiger partial charge in [0.25, 0.3) is 5.82 Å². The number of rotatable bonds is 24. The highest BCUT2D eigenvalue weighted by Crippen LogP contribution is 2.15. The van der Waals surface area contributed by atoms with E-state index >= 15 is 0 Å². The van der Waals surface area contributed by atoms with Gasteiger partial charge < -0.3 is 0 Å². The van der Waals surface area contributed by atoms with Crippen LogP contribution in [-0.4, -0.2) is 4.57 Å². The van der Waals surface area contributed by atoms with Crippen molar-refractivity contribution in [3.63, 3.8) is 0 Å². The first kappa shape index (κ1) is 30.2. The quantitative estimate of drug-likeness (QED) is 0.107. The fraction of sp³-hybridized carbons (Fsp3) is 0.903. The summed E-state index contributed by atoms with van der Waals surface area (Å²) in [5, 5.41) is 0. The zero-order chi connectivity index (χ0) is 24.0. The van der Waals surface area contributed by atoms with Crippen LogP contribution in [0, 0.1) is 0 Å². The lowest BCUT2D eigenvalue weighted by Crippen LogP contribution is -2.38. The van der Waals surface area contributed by atoms with E-state index in [9.17, 15) is 0 Å². The maximum absolute atomic E-state index is 2.54. The van der Waals surface area contributed by atoms with E-state index in [0.29, 0.717) is 5.92 Å². The number of hydrogen-bond donors (Lipinski definition) is 0. The van der Waals surface area contributed by atoms with Crippen LogP contribution < -0.4 is 4.57 Å². The molecule has 2 nitrogen and oxygen atoms in total. The van der Waals surface area contributed by atoms with E-state index in [1.54, 1.807) is 0 Å². The maximum atomic E-state index is 2.54. The van der Waals surface area contributed by atoms with Crippen LogP contribution in [0.25, 0.3) is 0 Å². The van der Waals surface area contributed by atoms with Crippen molar-refractivity contribution in [3.8, 4) is 0 Å². The molecule has 0 aliphatic heterocycles. The van der Waals surface area contributed by atoms with Gasteiger partial charge in [-0.3, -0.25) is 0 Å². The van der Waals surface area contributed by atoms with Crippen LogP contribution in [-0.2, 0) is 13.1 Å². The highest BCUT2D eigenvalue weighted by Gasteiger charge is 2.19. The van der Waals surface area contributed by atoms with Gasteiger partial charge in [0.1, 0.15) is 12.4 Å². The Morgan fingerprint density at radius 1 is 0.576 bits per heavy atom. The number of hydrogen-bond acceptors (Lipinski definition) is 0. The minimum Gasteiger partial charge on any atom is -0.234 e. The second-order valence-corrected chi connectivity index (χ2v) is 10.9. The van der Waals surface area contributed by atoms with E-state index in [-0.39, 0.29) is 0 Å². The van der Waals surface area contributed by atoms with Crippen molar-refractivity contribution in [2.45, 2.75) is 182 Å². The molecule has 0 unspecified atom stereocenters. The first-order chi connectivity index (χ1) is 16.2. The predicted molar refractivity (Wildman–Crippen MR) is 147 cm³/mol. The van der Waals surface area contributed by atoms with Crippen LogP contribution in [0.4, 0.5) is 0 Å². The molecule has 1 aromatic rings. The Morgan fingerprint density at radius 2 is 0.970 bits per heavy atom. The van der Waals surface area contributed by atoms with Crippen molar-refractivity contribution in [2.75, 3.05) is 0 Å². The molecule has 1 aromatic heterocycles. The normalized spacial score (nSPS) is 11.7. The summed E-state index contributed by atoms with van der Waals surface area (Å²) in [6.07, 6.45) is 34.6. The molecule has 0 saturated heterocycles. The lowest BCUT2D eigenvalue weighted by molar-refractivity contribution is -0.705. The van der Waals surface area contributed by atoms with E-state index in [1.807, 2.05) is 0 Å². The molecule has 0 aliphatic carbocycles. The number of aromatic nitrogens is 2. The molecule has 0 spiro atoms. The van der Waals surface area contributed by atoms with Gasteiger partial charge in [0.05, 0.1) is 19.0 Å². The highest BCUT2D eigenvalue weighted by atomic mass is 15.1. The largest absolute Gasteiger partial charge is 0.258 e. The fourth-order valence-corrected chi connectivity index (χ4v) is 5.24. The molecule has 0 fully saturated rings. The fourth-order valence-electron chi connectivity index (χ4n) is 5.24. The molecule has 0 aliphatic rings. The van der Waals surface area contributed by atoms with Gasteiger partial charge in [-0.15, -0.1) is 0 Å². The molecule has 0 amide bonds. The van der Waals surface area contributed by atoms with E-state index in [1.165, 1.54) is 154 Å². The highest BCUT2D eigenvalue weighted by molar-refractivity contribution is 4.89. The second-order valence-electron chi connectivity index (χ2n) is 10.9. The summed E-state index contributed by atoms with van der Waals surface area (Å²) >= 11 is 0. The summed E-state index contributed by atoms with van der Waals surface area (Å²) in [4.78, 5) is 0. The molecule has 0 radical (unpaired) electrons. The SMILES string of the molecule is CCCCCCCCCCCCCCCCCCC[n+]1ccn(CCCCCC)c1C(C)C. The van der Waals surface area contributed by atoms with Crippen LogP contribution in [0.1, 0.15) is 174 Å². The van der Waals surface area contributed by atoms with Crippen molar-refractivity contribution >= 4 is 0 Å². The third-order valence-electron chi connectivity index (χ3n) is 7.29. The Hall–Kier alpha value is -0.790. The van der Waals surface area contributed by atoms with Crippen LogP contribution in [0.3, 0.4) is 0 Å². The Bertz CT molecular complexity index is 531. The van der Waals surface area contributed by atoms with Gasteiger partial charge in [-0.2, -0.15) is 0 Å². The van der Waals surface area contributed by atoms with Crippen molar-refractivity contribution in [3.05, 3.63) is 18.2 Å². The number of imidazole rings is 1. The minimum absolute atomic E-state index is 0.608. The number of unbranched alkanes of at least 4 members (excludes halogenated alkanes) is 19. The molecule has 0 bridgehead atoms. The zero-order valence-electron chi connectivity index (χ0n) is 23.4. The number of nitrogens with zero attached hydrogens (tertiary/aromatic N) is 2. The van der Waals surface area contributed by atoms with Gasteiger partial charge in [0.2, 0.25) is 0 Å². The molecule has 1 heterocycles. The van der Waals surface area contributed by atoms with Crippen molar-refractivity contribution in [1.82, 2.24) is 4.57 Å². The summed E-state index contributed by atoms with van der Waals surface area (Å²) in [7, 11) is 0. The average Bonchev–Trinajstić information content (AvgIpc) is 3.21. The topological polar surface area (TPSA) is 8.81 Å². The van der Waals surface area contributed by atoms with Crippen LogP contribution in [0.15, 0.2) is 12.4 Å². The summed E-state index contributed by atoms with van der Waals surface area (Å²) in [6, 6.07) is 0. The van der Waals surface area contributed by atoms with E-state index in [0.717, 1.165) is 0 Å². The Labute approximate surface area is 208 Å². The molecule has 2 heteroatoms. The Balaban J connectivity index is 1.97. The average molecular weight is 462 g/mol. The van der Waals surface area contributed by atoms with Crippen LogP contribution in [0.2, 0.25) is 0 Å². The monoisotopic (exact) mass is 461 g/mol. The maximum Gasteiger partial charge on any atom is 0.258 e. The molecule has 1 rings (SSSR count). The lowest BCUT2D eigenvalue weighted by Gasteiger charge is -2.08. The predicted octanol–water partition coefficient (Wildman–Crippen LogP) is 10.1. The minimum atomic E-state index is 0.608. The summed E-state index contributed by atoms with van der Waals surface area (Å²) < 4.78 is 5.06. The van der Waals surface area contributed by atoms with Crippen molar-refractivity contribution in [1.29, 1.82) is 0 Å². The summed E-state index contributed by atoms with van der Waals surface area (Å²) in [5.41, 5.74) is 0. The van der Waals surface area contributed by atoms with Gasteiger partial charge in [0, 0.05) is 0 Å². The molecule has 33 heavy (non-hydrogen) atoms. The van der Waals surface area contributed by atoms with Gasteiger partial charge in [0.15, 0.2) is 0 Å². The van der Waals surface area contributed by atoms with E-state index in [4.69, 9.17) is 0 Å². The second kappa shape index (κ2) is 21.7. The standard InChI is InChI=1S/C31H61N2/c1-5-7-9-11-12-13-14-15-16-17-18-19-20-21-22-23-25-27-33-29-28-32(31(33)30(3)4)26-24-10-8-6-2/h28-30H,5-27H2,1-4H3/q+1. The number of aryl methyl sites for hydroxylation is 2. The van der Waals surface area contributed by atoms with Gasteiger partial charge in [-0.25, -0.2) is 9.13 Å². The molecule has 0 aromatic carbocycles. The Morgan fingerprint density at radius 3 is 1.39 bits per heavy atom. The van der Waals surface area contributed by atoms with Gasteiger partial charge in [-0.05, 0) is 25.7 Å². The summed E-state index contributed by atoms with van der Waals surface area (Å²) in [6.45, 7) is 11.7. The summed E-state index contributed by atoms with van der Waals surface area (Å²) in [5.74, 6) is 2.14. The first-order valence-electron chi connectivity index (χ1n) is 15.3. The molecular formula is C31H61N2+. The molecular weight excluding hydrogens is 400 g/mol. The van der Waals surface area contributed by atoms with E-state index < -0.39 is 0 Å². The third-order valence-corrected chi connectivity index (χ3v) is 7.29. The smallest absolute Gasteiger partial charge is 0.234 e. The van der Waals surface area contributed by atoms with Crippen LogP contribution in [0.5, 0.6) is 0 Å². The Kier molecular flexibility index (Phi) is 19.9. The van der Waals surface area contributed by atoms with E-state index in [2.05, 4.69) is 49.2 Å². The third kappa shape index (κ3) is 15.7. The van der Waals surface area contributed by atoms with Crippen molar-refractivity contribution in [2.24, 2.45) is 0 Å².